The molecule has 1 aromatic rings. The lowest BCUT2D eigenvalue weighted by atomic mass is 10.2. The molecular weight excluding hydrogens is 288 g/mol. The van der Waals surface area contributed by atoms with Crippen LogP contribution >= 0.6 is 15.9 Å². The summed E-state index contributed by atoms with van der Waals surface area (Å²) in [6.07, 6.45) is 2.74. The van der Waals surface area contributed by atoms with Crippen LogP contribution in [0, 0.1) is 0 Å². The summed E-state index contributed by atoms with van der Waals surface area (Å²) in [7, 11) is 0. The Bertz CT molecular complexity index is 464. The van der Waals surface area contributed by atoms with Gasteiger partial charge < -0.3 is 10.0 Å². The van der Waals surface area contributed by atoms with E-state index in [1.807, 2.05) is 0 Å². The standard InChI is InChI=1S/C11H11BrN2O3/c12-7-3-1-5-13-9(7)10(15)14-6-2-4-8(14)11(16)17/h1,3,5,8H,2,4,6H2,(H,16,17)/t8-/m0/s1. The lowest BCUT2D eigenvalue weighted by Crippen LogP contribution is -2.40. The summed E-state index contributed by atoms with van der Waals surface area (Å²) in [5.41, 5.74) is 0.264. The van der Waals surface area contributed by atoms with Crippen molar-refractivity contribution in [2.24, 2.45) is 0 Å². The number of hydrogen-bond donors (Lipinski definition) is 1. The number of carbonyl (C=O) groups is 2. The number of carbonyl (C=O) groups excluding carboxylic acids is 1. The maximum absolute atomic E-state index is 12.2. The molecule has 1 aliphatic heterocycles. The molecule has 0 bridgehead atoms. The fourth-order valence-corrected chi connectivity index (χ4v) is 2.37. The van der Waals surface area contributed by atoms with Crippen molar-refractivity contribution in [3.05, 3.63) is 28.5 Å². The zero-order chi connectivity index (χ0) is 12.4. The Morgan fingerprint density at radius 2 is 2.29 bits per heavy atom. The van der Waals surface area contributed by atoms with Crippen LogP contribution in [0.25, 0.3) is 0 Å². The van der Waals surface area contributed by atoms with Crippen molar-refractivity contribution >= 4 is 27.8 Å². The van der Waals surface area contributed by atoms with E-state index in [0.717, 1.165) is 0 Å². The predicted molar refractivity (Wildman–Crippen MR) is 63.6 cm³/mol. The minimum Gasteiger partial charge on any atom is -0.480 e. The largest absolute Gasteiger partial charge is 0.480 e. The summed E-state index contributed by atoms with van der Waals surface area (Å²) in [6, 6.07) is 2.70. The van der Waals surface area contributed by atoms with Crippen LogP contribution in [0.15, 0.2) is 22.8 Å². The Hall–Kier alpha value is -1.43. The van der Waals surface area contributed by atoms with Crippen LogP contribution in [-0.2, 0) is 4.79 Å². The lowest BCUT2D eigenvalue weighted by Gasteiger charge is -2.21. The zero-order valence-corrected chi connectivity index (χ0v) is 10.6. The first-order valence-corrected chi connectivity index (χ1v) is 6.05. The third-order valence-corrected chi connectivity index (χ3v) is 3.40. The van der Waals surface area contributed by atoms with Crippen LogP contribution in [0.2, 0.25) is 0 Å². The van der Waals surface area contributed by atoms with Crippen LogP contribution in [0.5, 0.6) is 0 Å². The summed E-state index contributed by atoms with van der Waals surface area (Å²) in [5, 5.41) is 9.02. The van der Waals surface area contributed by atoms with E-state index in [0.29, 0.717) is 23.9 Å². The molecule has 2 rings (SSSR count). The van der Waals surface area contributed by atoms with Crippen molar-refractivity contribution < 1.29 is 14.7 Å². The minimum atomic E-state index is -0.956. The summed E-state index contributed by atoms with van der Waals surface area (Å²) in [4.78, 5) is 28.5. The second-order valence-corrected chi connectivity index (χ2v) is 4.68. The number of likely N-dealkylation sites (tertiary alicyclic amines) is 1. The number of amides is 1. The Kier molecular flexibility index (Phi) is 3.42. The first-order chi connectivity index (χ1) is 8.11. The Labute approximate surface area is 107 Å². The van der Waals surface area contributed by atoms with Crippen molar-refractivity contribution in [2.75, 3.05) is 6.54 Å². The van der Waals surface area contributed by atoms with Crippen LogP contribution in [-0.4, -0.2) is 39.5 Å². The van der Waals surface area contributed by atoms with Gasteiger partial charge in [-0.1, -0.05) is 0 Å². The predicted octanol–water partition coefficient (Wildman–Crippen LogP) is 1.53. The molecule has 1 atom stereocenters. The van der Waals surface area contributed by atoms with Gasteiger partial charge in [0.2, 0.25) is 0 Å². The lowest BCUT2D eigenvalue weighted by molar-refractivity contribution is -0.141. The highest BCUT2D eigenvalue weighted by atomic mass is 79.9. The van der Waals surface area contributed by atoms with E-state index in [4.69, 9.17) is 5.11 Å². The van der Waals surface area contributed by atoms with Gasteiger partial charge in [0.15, 0.2) is 0 Å². The Morgan fingerprint density at radius 3 is 2.94 bits per heavy atom. The summed E-state index contributed by atoms with van der Waals surface area (Å²) >= 11 is 3.24. The molecule has 1 fully saturated rings. The molecule has 0 spiro atoms. The average molecular weight is 299 g/mol. The zero-order valence-electron chi connectivity index (χ0n) is 8.97. The molecule has 0 unspecified atom stereocenters. The van der Waals surface area contributed by atoms with Crippen molar-refractivity contribution in [2.45, 2.75) is 18.9 Å². The molecule has 5 nitrogen and oxygen atoms in total. The van der Waals surface area contributed by atoms with E-state index in [-0.39, 0.29) is 11.6 Å². The molecule has 0 aliphatic carbocycles. The summed E-state index contributed by atoms with van der Waals surface area (Å²) in [5.74, 6) is -1.29. The van der Waals surface area contributed by atoms with Gasteiger partial charge in [0.05, 0.1) is 0 Å². The van der Waals surface area contributed by atoms with Gasteiger partial charge in [-0.15, -0.1) is 0 Å². The van der Waals surface area contributed by atoms with E-state index in [2.05, 4.69) is 20.9 Å². The van der Waals surface area contributed by atoms with E-state index >= 15 is 0 Å². The van der Waals surface area contributed by atoms with Crippen LogP contribution in [0.3, 0.4) is 0 Å². The molecule has 6 heteroatoms. The first kappa shape index (κ1) is 12.0. The number of rotatable bonds is 2. The molecule has 1 amide bonds. The number of nitrogens with zero attached hydrogens (tertiary/aromatic N) is 2. The highest BCUT2D eigenvalue weighted by Crippen LogP contribution is 2.22. The normalized spacial score (nSPS) is 19.4. The molecule has 1 N–H and O–H groups in total. The summed E-state index contributed by atoms with van der Waals surface area (Å²) < 4.78 is 0.584. The van der Waals surface area contributed by atoms with E-state index in [1.54, 1.807) is 12.1 Å². The van der Waals surface area contributed by atoms with Crippen molar-refractivity contribution in [1.82, 2.24) is 9.88 Å². The Balaban J connectivity index is 2.26. The van der Waals surface area contributed by atoms with Gasteiger partial charge in [-0.05, 0) is 40.9 Å². The second-order valence-electron chi connectivity index (χ2n) is 3.83. The molecule has 90 valence electrons. The topological polar surface area (TPSA) is 70.5 Å². The second kappa shape index (κ2) is 4.83. The number of carboxylic acid groups (broad SMARTS) is 1. The number of hydrogen-bond acceptors (Lipinski definition) is 3. The molecule has 0 aromatic carbocycles. The first-order valence-electron chi connectivity index (χ1n) is 5.25. The highest BCUT2D eigenvalue weighted by Gasteiger charge is 2.35. The van der Waals surface area contributed by atoms with Gasteiger partial charge in [0, 0.05) is 17.2 Å². The smallest absolute Gasteiger partial charge is 0.326 e. The fraction of sp³-hybridized carbons (Fsp3) is 0.364. The van der Waals surface area contributed by atoms with Gasteiger partial charge in [0.25, 0.3) is 5.91 Å². The van der Waals surface area contributed by atoms with E-state index < -0.39 is 12.0 Å². The minimum absolute atomic E-state index is 0.264. The van der Waals surface area contributed by atoms with Gasteiger partial charge in [-0.3, -0.25) is 4.79 Å². The van der Waals surface area contributed by atoms with Crippen LogP contribution in [0.4, 0.5) is 0 Å². The molecule has 0 radical (unpaired) electrons. The Morgan fingerprint density at radius 1 is 1.53 bits per heavy atom. The van der Waals surface area contributed by atoms with Gasteiger partial charge in [0.1, 0.15) is 11.7 Å². The average Bonchev–Trinajstić information content (AvgIpc) is 2.77. The summed E-state index contributed by atoms with van der Waals surface area (Å²) in [6.45, 7) is 0.471. The number of aliphatic carboxylic acids is 1. The van der Waals surface area contributed by atoms with Gasteiger partial charge in [-0.25, -0.2) is 9.78 Å². The van der Waals surface area contributed by atoms with Gasteiger partial charge >= 0.3 is 5.97 Å². The van der Waals surface area contributed by atoms with Gasteiger partial charge in [-0.2, -0.15) is 0 Å². The number of halogens is 1. The SMILES string of the molecule is O=C(O)[C@@H]1CCCN1C(=O)c1ncccc1Br. The van der Waals surface area contributed by atoms with E-state index in [9.17, 15) is 9.59 Å². The quantitative estimate of drug-likeness (QED) is 0.899. The van der Waals surface area contributed by atoms with Crippen molar-refractivity contribution in [1.29, 1.82) is 0 Å². The monoisotopic (exact) mass is 298 g/mol. The molecule has 0 saturated carbocycles. The maximum Gasteiger partial charge on any atom is 0.326 e. The third kappa shape index (κ3) is 2.31. The van der Waals surface area contributed by atoms with E-state index in [1.165, 1.54) is 11.1 Å². The van der Waals surface area contributed by atoms with Crippen molar-refractivity contribution in [3.8, 4) is 0 Å². The molecule has 1 saturated heterocycles. The molecule has 1 aromatic heterocycles. The number of pyridine rings is 1. The molecule has 2 heterocycles. The molecular formula is C11H11BrN2O3. The third-order valence-electron chi connectivity index (χ3n) is 2.76. The number of carboxylic acids is 1. The fourth-order valence-electron chi connectivity index (χ4n) is 1.95. The maximum atomic E-state index is 12.2. The number of aromatic nitrogens is 1. The van der Waals surface area contributed by atoms with Crippen LogP contribution < -0.4 is 0 Å². The highest BCUT2D eigenvalue weighted by molar-refractivity contribution is 9.10. The molecule has 17 heavy (non-hydrogen) atoms. The molecule has 1 aliphatic rings. The van der Waals surface area contributed by atoms with Crippen molar-refractivity contribution in [3.63, 3.8) is 0 Å². The van der Waals surface area contributed by atoms with Crippen LogP contribution in [0.1, 0.15) is 23.3 Å².